The van der Waals surface area contributed by atoms with Crippen LogP contribution in [0.3, 0.4) is 0 Å². The minimum absolute atomic E-state index is 0.705. The molecule has 16 heavy (non-hydrogen) atoms. The van der Waals surface area contributed by atoms with E-state index in [0.29, 0.717) is 6.04 Å². The average molecular weight is 226 g/mol. The molecule has 2 atom stereocenters. The molecule has 2 saturated heterocycles. The van der Waals surface area contributed by atoms with Gasteiger partial charge in [-0.15, -0.1) is 0 Å². The first-order valence-corrected chi connectivity index (χ1v) is 6.90. The maximum absolute atomic E-state index is 5.63. The molecule has 1 N–H and O–H groups in total. The lowest BCUT2D eigenvalue weighted by atomic mass is 9.95. The molecule has 0 aromatic heterocycles. The second-order valence-corrected chi connectivity index (χ2v) is 5.15. The summed E-state index contributed by atoms with van der Waals surface area (Å²) >= 11 is 0. The van der Waals surface area contributed by atoms with E-state index in [1.54, 1.807) is 0 Å². The number of nitrogens with one attached hydrogen (secondary N) is 1. The largest absolute Gasteiger partial charge is 0.380 e. The second-order valence-electron chi connectivity index (χ2n) is 5.15. The highest BCUT2D eigenvalue weighted by Crippen LogP contribution is 2.25. The van der Waals surface area contributed by atoms with Crippen molar-refractivity contribution in [1.29, 1.82) is 0 Å². The maximum Gasteiger partial charge on any atom is 0.0621 e. The number of hydrogen-bond donors (Lipinski definition) is 1. The number of likely N-dealkylation sites (tertiary alicyclic amines) is 1. The lowest BCUT2D eigenvalue weighted by Crippen LogP contribution is -2.50. The van der Waals surface area contributed by atoms with Crippen LogP contribution in [0, 0.1) is 0 Å². The Labute approximate surface area is 99.5 Å². The Morgan fingerprint density at radius 1 is 1.25 bits per heavy atom. The molecule has 2 fully saturated rings. The molecule has 0 aliphatic carbocycles. The van der Waals surface area contributed by atoms with Crippen molar-refractivity contribution in [1.82, 2.24) is 10.2 Å². The van der Waals surface area contributed by atoms with Gasteiger partial charge in [-0.3, -0.25) is 4.90 Å². The summed E-state index contributed by atoms with van der Waals surface area (Å²) in [4.78, 5) is 2.74. The highest BCUT2D eigenvalue weighted by Gasteiger charge is 2.29. The third kappa shape index (κ3) is 3.19. The van der Waals surface area contributed by atoms with Gasteiger partial charge in [-0.25, -0.2) is 0 Å². The second kappa shape index (κ2) is 6.58. The van der Waals surface area contributed by atoms with E-state index < -0.39 is 0 Å². The standard InChI is InChI=1S/C13H26N2O/c1-14-8-7-12-5-2-3-9-15(12)13-6-4-10-16-11-13/h12-14H,2-11H2,1H3. The fraction of sp³-hybridized carbons (Fsp3) is 1.00. The highest BCUT2D eigenvalue weighted by molar-refractivity contribution is 4.84. The Hall–Kier alpha value is -0.120. The zero-order chi connectivity index (χ0) is 11.2. The van der Waals surface area contributed by atoms with Gasteiger partial charge in [0.05, 0.1) is 6.61 Å². The molecule has 0 amide bonds. The molecule has 3 heteroatoms. The van der Waals surface area contributed by atoms with Crippen molar-refractivity contribution in [2.45, 2.75) is 50.6 Å². The molecule has 2 heterocycles. The van der Waals surface area contributed by atoms with Gasteiger partial charge in [0.25, 0.3) is 0 Å². The number of ether oxygens (including phenoxy) is 1. The summed E-state index contributed by atoms with van der Waals surface area (Å²) in [5.41, 5.74) is 0. The lowest BCUT2D eigenvalue weighted by Gasteiger charge is -2.42. The third-order valence-corrected chi connectivity index (χ3v) is 4.01. The van der Waals surface area contributed by atoms with Crippen molar-refractivity contribution in [3.63, 3.8) is 0 Å². The summed E-state index contributed by atoms with van der Waals surface area (Å²) in [6.07, 6.45) is 8.08. The fourth-order valence-corrected chi connectivity index (χ4v) is 3.11. The Bertz CT molecular complexity index is 192. The number of nitrogens with zero attached hydrogens (tertiary/aromatic N) is 1. The first kappa shape index (κ1) is 12.3. The van der Waals surface area contributed by atoms with Crippen LogP contribution < -0.4 is 5.32 Å². The van der Waals surface area contributed by atoms with Crippen LogP contribution in [-0.2, 0) is 4.74 Å². The predicted octanol–water partition coefficient (Wildman–Crippen LogP) is 1.63. The van der Waals surface area contributed by atoms with Crippen LogP contribution in [0.15, 0.2) is 0 Å². The van der Waals surface area contributed by atoms with E-state index in [4.69, 9.17) is 4.74 Å². The Balaban J connectivity index is 1.86. The van der Waals surface area contributed by atoms with Gasteiger partial charge in [0.1, 0.15) is 0 Å². The number of piperidine rings is 1. The van der Waals surface area contributed by atoms with Gasteiger partial charge >= 0.3 is 0 Å². The Morgan fingerprint density at radius 3 is 2.94 bits per heavy atom. The minimum atomic E-state index is 0.705. The van der Waals surface area contributed by atoms with Crippen molar-refractivity contribution < 1.29 is 4.74 Å². The summed E-state index contributed by atoms with van der Waals surface area (Å²) in [5.74, 6) is 0. The minimum Gasteiger partial charge on any atom is -0.380 e. The monoisotopic (exact) mass is 226 g/mol. The van der Waals surface area contributed by atoms with Crippen molar-refractivity contribution in [2.75, 3.05) is 33.4 Å². The molecule has 0 aromatic rings. The molecule has 0 bridgehead atoms. The summed E-state index contributed by atoms with van der Waals surface area (Å²) < 4.78 is 5.63. The summed E-state index contributed by atoms with van der Waals surface area (Å²) in [7, 11) is 2.05. The summed E-state index contributed by atoms with van der Waals surface area (Å²) in [6, 6.07) is 1.50. The van der Waals surface area contributed by atoms with Gasteiger partial charge in [-0.05, 0) is 52.2 Å². The first-order valence-electron chi connectivity index (χ1n) is 6.90. The molecule has 2 unspecified atom stereocenters. The Kier molecular flexibility index (Phi) is 5.07. The van der Waals surface area contributed by atoms with E-state index in [1.165, 1.54) is 45.1 Å². The van der Waals surface area contributed by atoms with Crippen LogP contribution in [0.2, 0.25) is 0 Å². The van der Waals surface area contributed by atoms with Crippen molar-refractivity contribution >= 4 is 0 Å². The summed E-state index contributed by atoms with van der Waals surface area (Å²) in [6.45, 7) is 4.39. The molecule has 0 radical (unpaired) electrons. The van der Waals surface area contributed by atoms with E-state index in [9.17, 15) is 0 Å². The third-order valence-electron chi connectivity index (χ3n) is 4.01. The molecule has 2 rings (SSSR count). The summed E-state index contributed by atoms with van der Waals surface area (Å²) in [5, 5.41) is 3.28. The smallest absolute Gasteiger partial charge is 0.0621 e. The van der Waals surface area contributed by atoms with Crippen LogP contribution in [0.5, 0.6) is 0 Å². The van der Waals surface area contributed by atoms with Crippen LogP contribution in [0.4, 0.5) is 0 Å². The van der Waals surface area contributed by atoms with Gasteiger partial charge in [0.15, 0.2) is 0 Å². The van der Waals surface area contributed by atoms with Gasteiger partial charge in [-0.2, -0.15) is 0 Å². The molecule has 2 aliphatic rings. The molecule has 0 aromatic carbocycles. The number of rotatable bonds is 4. The SMILES string of the molecule is CNCCC1CCCCN1C1CCCOC1. The van der Waals surface area contributed by atoms with E-state index >= 15 is 0 Å². The molecule has 0 saturated carbocycles. The van der Waals surface area contributed by atoms with E-state index in [0.717, 1.165) is 25.8 Å². The highest BCUT2D eigenvalue weighted by atomic mass is 16.5. The van der Waals surface area contributed by atoms with Gasteiger partial charge in [0, 0.05) is 18.7 Å². The quantitative estimate of drug-likeness (QED) is 0.788. The van der Waals surface area contributed by atoms with E-state index in [1.807, 2.05) is 0 Å². The molecule has 2 aliphatic heterocycles. The zero-order valence-electron chi connectivity index (χ0n) is 10.6. The van der Waals surface area contributed by atoms with Crippen molar-refractivity contribution in [2.24, 2.45) is 0 Å². The molecular formula is C13H26N2O. The molecule has 3 nitrogen and oxygen atoms in total. The van der Waals surface area contributed by atoms with Crippen molar-refractivity contribution in [3.05, 3.63) is 0 Å². The first-order chi connectivity index (χ1) is 7.92. The van der Waals surface area contributed by atoms with Gasteiger partial charge < -0.3 is 10.1 Å². The van der Waals surface area contributed by atoms with E-state index in [2.05, 4.69) is 17.3 Å². The van der Waals surface area contributed by atoms with Crippen LogP contribution in [0.25, 0.3) is 0 Å². The zero-order valence-corrected chi connectivity index (χ0v) is 10.6. The number of hydrogen-bond acceptors (Lipinski definition) is 3. The topological polar surface area (TPSA) is 24.5 Å². The van der Waals surface area contributed by atoms with Crippen LogP contribution in [0.1, 0.15) is 38.5 Å². The molecule has 94 valence electrons. The molecular weight excluding hydrogens is 200 g/mol. The fourth-order valence-electron chi connectivity index (χ4n) is 3.11. The Morgan fingerprint density at radius 2 is 2.19 bits per heavy atom. The average Bonchev–Trinajstić information content (AvgIpc) is 2.38. The normalized spacial score (nSPS) is 32.8. The molecule has 0 spiro atoms. The van der Waals surface area contributed by atoms with Crippen LogP contribution in [-0.4, -0.2) is 50.3 Å². The predicted molar refractivity (Wildman–Crippen MR) is 66.7 cm³/mol. The van der Waals surface area contributed by atoms with Crippen molar-refractivity contribution in [3.8, 4) is 0 Å². The van der Waals surface area contributed by atoms with Gasteiger partial charge in [-0.1, -0.05) is 6.42 Å². The van der Waals surface area contributed by atoms with Gasteiger partial charge in [0.2, 0.25) is 0 Å². The lowest BCUT2D eigenvalue weighted by molar-refractivity contribution is -0.0129. The maximum atomic E-state index is 5.63. The van der Waals surface area contributed by atoms with E-state index in [-0.39, 0.29) is 0 Å². The van der Waals surface area contributed by atoms with Crippen LogP contribution >= 0.6 is 0 Å².